The number of nitriles is 1. The monoisotopic (exact) mass is 317 g/mol. The molecular weight excluding hydrogens is 309 g/mol. The maximum atomic E-state index is 11.3. The summed E-state index contributed by atoms with van der Waals surface area (Å²) in [5.41, 5.74) is 0.278. The van der Waals surface area contributed by atoms with E-state index in [0.717, 1.165) is 0 Å². The Morgan fingerprint density at radius 2 is 2.16 bits per heavy atom. The number of hydrogen-bond donors (Lipinski definition) is 1. The van der Waals surface area contributed by atoms with Crippen LogP contribution in [-0.4, -0.2) is 17.1 Å². The first-order valence-electron chi connectivity index (χ1n) is 5.11. The van der Waals surface area contributed by atoms with Crippen molar-refractivity contribution in [2.24, 2.45) is 4.99 Å². The lowest BCUT2D eigenvalue weighted by molar-refractivity contribution is 0.182. The molecule has 0 saturated carbocycles. The zero-order valence-electron chi connectivity index (χ0n) is 9.81. The summed E-state index contributed by atoms with van der Waals surface area (Å²) >= 11 is 12.5. The minimum Gasteiger partial charge on any atom is -0.458 e. The number of hydrogen-bond acceptors (Lipinski definition) is 5. The SMILES string of the molecule is CCOC(=O)SC(=Nc1c(Cl)cccc1Cl)NC#N. The van der Waals surface area contributed by atoms with Crippen LogP contribution in [-0.2, 0) is 4.74 Å². The van der Waals surface area contributed by atoms with Crippen LogP contribution in [0.25, 0.3) is 0 Å². The summed E-state index contributed by atoms with van der Waals surface area (Å²) in [5, 5.41) is 11.0. The minimum absolute atomic E-state index is 0.0379. The fraction of sp³-hybridized carbons (Fsp3) is 0.182. The van der Waals surface area contributed by atoms with E-state index in [1.807, 2.05) is 0 Å². The van der Waals surface area contributed by atoms with Gasteiger partial charge in [-0.2, -0.15) is 5.26 Å². The van der Waals surface area contributed by atoms with Crippen LogP contribution < -0.4 is 5.32 Å². The third kappa shape index (κ3) is 4.99. The Kier molecular flexibility index (Phi) is 6.50. The molecule has 0 fully saturated rings. The summed E-state index contributed by atoms with van der Waals surface area (Å²) in [5.74, 6) is 0. The van der Waals surface area contributed by atoms with E-state index in [-0.39, 0.29) is 17.5 Å². The van der Waals surface area contributed by atoms with E-state index in [1.165, 1.54) is 0 Å². The van der Waals surface area contributed by atoms with Crippen molar-refractivity contribution in [3.63, 3.8) is 0 Å². The zero-order valence-corrected chi connectivity index (χ0v) is 12.1. The third-order valence-electron chi connectivity index (χ3n) is 1.76. The predicted molar refractivity (Wildman–Crippen MR) is 76.9 cm³/mol. The lowest BCUT2D eigenvalue weighted by atomic mass is 10.3. The number of nitrogens with one attached hydrogen (secondary N) is 1. The van der Waals surface area contributed by atoms with Gasteiger partial charge in [0.25, 0.3) is 0 Å². The molecule has 8 heteroatoms. The number of nitrogens with zero attached hydrogens (tertiary/aromatic N) is 2. The van der Waals surface area contributed by atoms with Crippen molar-refractivity contribution in [2.75, 3.05) is 6.61 Å². The minimum atomic E-state index is -0.577. The standard InChI is InChI=1S/C11H9Cl2N3O2S/c1-2-18-11(17)19-10(15-6-14)16-9-7(12)4-3-5-8(9)13/h3-5H,2H2,1H3,(H,15,16). The van der Waals surface area contributed by atoms with Crippen LogP contribution in [0, 0.1) is 11.5 Å². The molecule has 0 heterocycles. The molecule has 0 aliphatic rings. The third-order valence-corrected chi connectivity index (χ3v) is 3.04. The van der Waals surface area contributed by atoms with E-state index in [0.29, 0.717) is 21.8 Å². The molecule has 0 bridgehead atoms. The number of benzene rings is 1. The second-order valence-corrected chi connectivity index (χ2v) is 4.75. The van der Waals surface area contributed by atoms with Crippen molar-refractivity contribution in [3.8, 4) is 6.19 Å². The smallest absolute Gasteiger partial charge is 0.375 e. The summed E-state index contributed by atoms with van der Waals surface area (Å²) in [4.78, 5) is 15.4. The second kappa shape index (κ2) is 7.89. The van der Waals surface area contributed by atoms with Crippen molar-refractivity contribution >= 4 is 51.1 Å². The molecule has 0 aromatic heterocycles. The topological polar surface area (TPSA) is 74.5 Å². The number of carbonyl (C=O) groups excluding carboxylic acids is 1. The maximum absolute atomic E-state index is 11.3. The number of carbonyl (C=O) groups is 1. The van der Waals surface area contributed by atoms with Gasteiger partial charge in [-0.05, 0) is 19.1 Å². The first kappa shape index (κ1) is 15.6. The molecule has 1 N–H and O–H groups in total. The highest BCUT2D eigenvalue weighted by Crippen LogP contribution is 2.33. The Bertz CT molecular complexity index is 523. The molecule has 5 nitrogen and oxygen atoms in total. The highest BCUT2D eigenvalue weighted by atomic mass is 35.5. The molecule has 0 atom stereocenters. The number of aliphatic imine (C=N–C) groups is 1. The summed E-state index contributed by atoms with van der Waals surface area (Å²) in [7, 11) is 0. The van der Waals surface area contributed by atoms with Crippen LogP contribution in [0.2, 0.25) is 10.0 Å². The van der Waals surface area contributed by atoms with E-state index in [4.69, 9.17) is 33.2 Å². The van der Waals surface area contributed by atoms with Crippen molar-refractivity contribution in [2.45, 2.75) is 6.92 Å². The predicted octanol–water partition coefficient (Wildman–Crippen LogP) is 3.94. The average Bonchev–Trinajstić information content (AvgIpc) is 2.34. The van der Waals surface area contributed by atoms with Crippen LogP contribution in [0.15, 0.2) is 23.2 Å². The normalized spacial score (nSPS) is 10.7. The van der Waals surface area contributed by atoms with E-state index >= 15 is 0 Å². The van der Waals surface area contributed by atoms with E-state index < -0.39 is 5.30 Å². The van der Waals surface area contributed by atoms with Crippen molar-refractivity contribution < 1.29 is 9.53 Å². The van der Waals surface area contributed by atoms with Gasteiger partial charge in [0.15, 0.2) is 11.4 Å². The molecule has 1 aromatic rings. The Balaban J connectivity index is 3.01. The van der Waals surface area contributed by atoms with Crippen LogP contribution >= 0.6 is 35.0 Å². The van der Waals surface area contributed by atoms with Crippen molar-refractivity contribution in [3.05, 3.63) is 28.2 Å². The number of para-hydroxylation sites is 1. The van der Waals surface area contributed by atoms with Gasteiger partial charge < -0.3 is 4.74 Å². The fourth-order valence-corrected chi connectivity index (χ4v) is 2.10. The molecule has 1 aromatic carbocycles. The van der Waals surface area contributed by atoms with Gasteiger partial charge in [-0.1, -0.05) is 29.3 Å². The van der Waals surface area contributed by atoms with Gasteiger partial charge in [0.05, 0.1) is 16.7 Å². The first-order valence-corrected chi connectivity index (χ1v) is 6.68. The van der Waals surface area contributed by atoms with Gasteiger partial charge in [0.2, 0.25) is 0 Å². The molecule has 0 saturated heterocycles. The summed E-state index contributed by atoms with van der Waals surface area (Å²) in [6.45, 7) is 1.91. The van der Waals surface area contributed by atoms with Crippen LogP contribution in [0.4, 0.5) is 10.5 Å². The Labute approximate surface area is 124 Å². The molecule has 19 heavy (non-hydrogen) atoms. The highest BCUT2D eigenvalue weighted by Gasteiger charge is 2.12. The average molecular weight is 318 g/mol. The number of halogens is 2. The zero-order chi connectivity index (χ0) is 14.3. The van der Waals surface area contributed by atoms with Gasteiger partial charge in [-0.15, -0.1) is 0 Å². The van der Waals surface area contributed by atoms with Gasteiger partial charge in [-0.3, -0.25) is 5.32 Å². The summed E-state index contributed by atoms with van der Waals surface area (Å²) in [6.07, 6.45) is 1.68. The van der Waals surface area contributed by atoms with Crippen LogP contribution in [0.1, 0.15) is 6.92 Å². The van der Waals surface area contributed by atoms with Crippen molar-refractivity contribution in [1.82, 2.24) is 5.32 Å². The van der Waals surface area contributed by atoms with E-state index in [2.05, 4.69) is 10.3 Å². The number of rotatable bonds is 2. The molecule has 0 radical (unpaired) electrons. The fourth-order valence-electron chi connectivity index (χ4n) is 1.05. The molecule has 1 rings (SSSR count). The van der Waals surface area contributed by atoms with Gasteiger partial charge >= 0.3 is 5.30 Å². The molecule has 100 valence electrons. The van der Waals surface area contributed by atoms with Crippen molar-refractivity contribution in [1.29, 1.82) is 5.26 Å². The number of thioether (sulfide) groups is 1. The summed E-state index contributed by atoms with van der Waals surface area (Å²) < 4.78 is 4.74. The van der Waals surface area contributed by atoms with E-state index in [9.17, 15) is 4.79 Å². The van der Waals surface area contributed by atoms with Gasteiger partial charge in [0, 0.05) is 11.8 Å². The number of amidine groups is 1. The quantitative estimate of drug-likeness (QED) is 0.294. The Morgan fingerprint density at radius 1 is 1.53 bits per heavy atom. The molecule has 0 spiro atoms. The van der Waals surface area contributed by atoms with Crippen LogP contribution in [0.3, 0.4) is 0 Å². The Morgan fingerprint density at radius 3 is 2.68 bits per heavy atom. The molecule has 0 unspecified atom stereocenters. The van der Waals surface area contributed by atoms with E-state index in [1.54, 1.807) is 31.3 Å². The highest BCUT2D eigenvalue weighted by molar-refractivity contribution is 8.26. The van der Waals surface area contributed by atoms with Gasteiger partial charge in [0.1, 0.15) is 5.69 Å². The first-order chi connectivity index (χ1) is 9.08. The van der Waals surface area contributed by atoms with Gasteiger partial charge in [-0.25, -0.2) is 9.79 Å². The van der Waals surface area contributed by atoms with Crippen LogP contribution in [0.5, 0.6) is 0 Å². The largest absolute Gasteiger partial charge is 0.458 e. The molecular formula is C11H9Cl2N3O2S. The lowest BCUT2D eigenvalue weighted by Crippen LogP contribution is -2.16. The number of ether oxygens (including phenoxy) is 1. The molecule has 0 aliphatic carbocycles. The second-order valence-electron chi connectivity index (χ2n) is 3.01. The Hall–Kier alpha value is -1.42. The molecule has 0 aliphatic heterocycles. The summed E-state index contributed by atoms with van der Waals surface area (Å²) in [6, 6.07) is 4.87. The molecule has 0 amide bonds. The lowest BCUT2D eigenvalue weighted by Gasteiger charge is -2.05. The maximum Gasteiger partial charge on any atom is 0.375 e.